The SMILES string of the molecule is O=c1[nH]c(=O)c2cc([N+](=O)[O-])c(Cl)cc2[nH]1. The van der Waals surface area contributed by atoms with Crippen molar-refractivity contribution in [1.82, 2.24) is 9.97 Å². The minimum Gasteiger partial charge on any atom is -0.307 e. The molecule has 7 nitrogen and oxygen atoms in total. The van der Waals surface area contributed by atoms with Crippen molar-refractivity contribution in [3.05, 3.63) is 48.1 Å². The number of halogens is 1. The molecule has 0 atom stereocenters. The molecule has 0 amide bonds. The summed E-state index contributed by atoms with van der Waals surface area (Å²) in [6.07, 6.45) is 0. The maximum Gasteiger partial charge on any atom is 0.326 e. The van der Waals surface area contributed by atoms with Gasteiger partial charge in [0.25, 0.3) is 11.2 Å². The molecule has 0 saturated carbocycles. The number of hydrogen-bond donors (Lipinski definition) is 2. The number of aromatic nitrogens is 2. The molecule has 0 aliphatic rings. The molecule has 82 valence electrons. The number of nitrogens with one attached hydrogen (secondary N) is 2. The van der Waals surface area contributed by atoms with Gasteiger partial charge in [0.15, 0.2) is 0 Å². The summed E-state index contributed by atoms with van der Waals surface area (Å²) < 4.78 is 0. The number of benzene rings is 1. The summed E-state index contributed by atoms with van der Waals surface area (Å²) in [5.41, 5.74) is -1.61. The van der Waals surface area contributed by atoms with Gasteiger partial charge in [0.1, 0.15) is 5.02 Å². The van der Waals surface area contributed by atoms with E-state index in [-0.39, 0.29) is 21.6 Å². The highest BCUT2D eigenvalue weighted by molar-refractivity contribution is 6.33. The summed E-state index contributed by atoms with van der Waals surface area (Å²) in [5, 5.41) is 10.5. The van der Waals surface area contributed by atoms with E-state index in [0.29, 0.717) is 0 Å². The molecule has 8 heteroatoms. The fourth-order valence-electron chi connectivity index (χ4n) is 1.32. The molecule has 0 spiro atoms. The molecule has 0 radical (unpaired) electrons. The Morgan fingerprint density at radius 1 is 1.25 bits per heavy atom. The minimum atomic E-state index is -0.702. The second kappa shape index (κ2) is 3.46. The van der Waals surface area contributed by atoms with E-state index in [2.05, 4.69) is 4.98 Å². The third-order valence-corrected chi connectivity index (χ3v) is 2.31. The lowest BCUT2D eigenvalue weighted by Gasteiger charge is -1.98. The normalized spacial score (nSPS) is 10.6. The minimum absolute atomic E-state index is 0.00991. The van der Waals surface area contributed by atoms with E-state index in [1.165, 1.54) is 6.07 Å². The first-order valence-electron chi connectivity index (χ1n) is 4.09. The molecule has 1 heterocycles. The van der Waals surface area contributed by atoms with E-state index < -0.39 is 16.2 Å². The second-order valence-corrected chi connectivity index (χ2v) is 3.42. The Bertz CT molecular complexity index is 702. The number of nitro groups is 1. The average molecular weight is 242 g/mol. The Labute approximate surface area is 91.8 Å². The van der Waals surface area contributed by atoms with Crippen LogP contribution in [-0.2, 0) is 0 Å². The zero-order chi connectivity index (χ0) is 11.9. The molecule has 0 unspecified atom stereocenters. The number of nitrogens with zero attached hydrogens (tertiary/aromatic N) is 1. The van der Waals surface area contributed by atoms with E-state index in [1.807, 2.05) is 4.98 Å². The van der Waals surface area contributed by atoms with Crippen molar-refractivity contribution in [2.75, 3.05) is 0 Å². The Morgan fingerprint density at radius 2 is 1.94 bits per heavy atom. The third kappa shape index (κ3) is 1.57. The van der Waals surface area contributed by atoms with Crippen molar-refractivity contribution < 1.29 is 4.92 Å². The molecule has 2 N–H and O–H groups in total. The lowest BCUT2D eigenvalue weighted by molar-refractivity contribution is -0.384. The molecule has 0 saturated heterocycles. The van der Waals surface area contributed by atoms with Crippen LogP contribution in [0, 0.1) is 10.1 Å². The topological polar surface area (TPSA) is 109 Å². The molecule has 2 rings (SSSR count). The fourth-order valence-corrected chi connectivity index (χ4v) is 1.55. The number of rotatable bonds is 1. The first-order chi connectivity index (χ1) is 7.49. The first kappa shape index (κ1) is 10.4. The maximum atomic E-state index is 11.3. The van der Waals surface area contributed by atoms with Gasteiger partial charge in [-0.3, -0.25) is 19.9 Å². The van der Waals surface area contributed by atoms with Crippen molar-refractivity contribution in [1.29, 1.82) is 0 Å². The second-order valence-electron chi connectivity index (χ2n) is 3.01. The van der Waals surface area contributed by atoms with E-state index in [4.69, 9.17) is 11.6 Å². The van der Waals surface area contributed by atoms with E-state index in [1.54, 1.807) is 0 Å². The van der Waals surface area contributed by atoms with Gasteiger partial charge in [-0.1, -0.05) is 11.6 Å². The van der Waals surface area contributed by atoms with Gasteiger partial charge >= 0.3 is 5.69 Å². The number of aromatic amines is 2. The predicted molar refractivity (Wildman–Crippen MR) is 56.9 cm³/mol. The van der Waals surface area contributed by atoms with Crippen molar-refractivity contribution >= 4 is 28.2 Å². The van der Waals surface area contributed by atoms with Crippen LogP contribution in [0.1, 0.15) is 0 Å². The largest absolute Gasteiger partial charge is 0.326 e. The average Bonchev–Trinajstić information content (AvgIpc) is 2.15. The number of H-pyrrole nitrogens is 2. The van der Waals surface area contributed by atoms with Crippen LogP contribution in [0.4, 0.5) is 5.69 Å². The van der Waals surface area contributed by atoms with Crippen LogP contribution in [0.15, 0.2) is 21.7 Å². The van der Waals surface area contributed by atoms with E-state index in [0.717, 1.165) is 6.07 Å². The third-order valence-electron chi connectivity index (χ3n) is 2.00. The molecule has 0 bridgehead atoms. The van der Waals surface area contributed by atoms with E-state index >= 15 is 0 Å². The highest BCUT2D eigenvalue weighted by atomic mass is 35.5. The molecule has 0 aliphatic heterocycles. The Hall–Kier alpha value is -2.15. The highest BCUT2D eigenvalue weighted by Crippen LogP contribution is 2.26. The first-order valence-corrected chi connectivity index (χ1v) is 4.47. The number of fused-ring (bicyclic) bond motifs is 1. The standard InChI is InChI=1S/C8H4ClN3O4/c9-4-2-5-3(1-6(4)12(15)16)7(13)11-8(14)10-5/h1-2H,(H2,10,11,13,14). The van der Waals surface area contributed by atoms with Gasteiger partial charge in [0.05, 0.1) is 15.8 Å². The molecule has 1 aromatic carbocycles. The zero-order valence-corrected chi connectivity index (χ0v) is 8.37. The summed E-state index contributed by atoms with van der Waals surface area (Å²) >= 11 is 5.63. The van der Waals surface area contributed by atoms with Gasteiger partial charge in [-0.25, -0.2) is 4.79 Å². The number of hydrogen-bond acceptors (Lipinski definition) is 4. The van der Waals surface area contributed by atoms with Crippen molar-refractivity contribution in [2.45, 2.75) is 0 Å². The Morgan fingerprint density at radius 3 is 2.56 bits per heavy atom. The fraction of sp³-hybridized carbons (Fsp3) is 0. The van der Waals surface area contributed by atoms with Gasteiger partial charge in [0.2, 0.25) is 0 Å². The molecule has 16 heavy (non-hydrogen) atoms. The summed E-state index contributed by atoms with van der Waals surface area (Å²) in [6.45, 7) is 0. The summed E-state index contributed by atoms with van der Waals surface area (Å²) in [7, 11) is 0. The highest BCUT2D eigenvalue weighted by Gasteiger charge is 2.15. The molecule has 1 aromatic heterocycles. The van der Waals surface area contributed by atoms with Crippen molar-refractivity contribution in [2.24, 2.45) is 0 Å². The van der Waals surface area contributed by atoms with Crippen LogP contribution in [0.25, 0.3) is 10.9 Å². The van der Waals surface area contributed by atoms with Crippen LogP contribution in [0.3, 0.4) is 0 Å². The molecular formula is C8H4ClN3O4. The van der Waals surface area contributed by atoms with Crippen LogP contribution in [0.2, 0.25) is 5.02 Å². The molecule has 0 aliphatic carbocycles. The molecule has 2 aromatic rings. The number of nitro benzene ring substituents is 1. The lowest BCUT2D eigenvalue weighted by Crippen LogP contribution is -2.21. The predicted octanol–water partition coefficient (Wildman–Crippen LogP) is 0.778. The van der Waals surface area contributed by atoms with Gasteiger partial charge in [-0.2, -0.15) is 0 Å². The van der Waals surface area contributed by atoms with Gasteiger partial charge in [-0.15, -0.1) is 0 Å². The monoisotopic (exact) mass is 241 g/mol. The Kier molecular flexibility index (Phi) is 2.24. The van der Waals surface area contributed by atoms with Crippen molar-refractivity contribution in [3.63, 3.8) is 0 Å². The van der Waals surface area contributed by atoms with Crippen LogP contribution >= 0.6 is 11.6 Å². The van der Waals surface area contributed by atoms with Gasteiger partial charge < -0.3 is 4.98 Å². The van der Waals surface area contributed by atoms with Crippen molar-refractivity contribution in [3.8, 4) is 0 Å². The summed E-state index contributed by atoms with van der Waals surface area (Å²) in [6, 6.07) is 2.19. The smallest absolute Gasteiger partial charge is 0.307 e. The summed E-state index contributed by atoms with van der Waals surface area (Å²) in [4.78, 5) is 36.5. The Balaban J connectivity index is 2.96. The summed E-state index contributed by atoms with van der Waals surface area (Å²) in [5.74, 6) is 0. The van der Waals surface area contributed by atoms with Gasteiger partial charge in [-0.05, 0) is 6.07 Å². The zero-order valence-electron chi connectivity index (χ0n) is 7.61. The maximum absolute atomic E-state index is 11.3. The van der Waals surface area contributed by atoms with E-state index in [9.17, 15) is 19.7 Å². The van der Waals surface area contributed by atoms with Gasteiger partial charge in [0, 0.05) is 6.07 Å². The van der Waals surface area contributed by atoms with Crippen LogP contribution in [-0.4, -0.2) is 14.9 Å². The van der Waals surface area contributed by atoms with Crippen LogP contribution in [0.5, 0.6) is 0 Å². The molecule has 0 fully saturated rings. The quantitative estimate of drug-likeness (QED) is 0.568. The van der Waals surface area contributed by atoms with Crippen LogP contribution < -0.4 is 11.2 Å². The lowest BCUT2D eigenvalue weighted by atomic mass is 10.2. The molecular weight excluding hydrogens is 238 g/mol.